The number of likely N-dealkylation sites (N-methyl/N-ethyl adjacent to an activating group) is 2. The molecule has 0 aromatic heterocycles. The summed E-state index contributed by atoms with van der Waals surface area (Å²) < 4.78 is 11.5. The number of carbonyl (C=O) groups excluding carboxylic acids is 1. The van der Waals surface area contributed by atoms with E-state index in [1.54, 1.807) is 25.2 Å². The topological polar surface area (TPSA) is 42.0 Å². The van der Waals surface area contributed by atoms with Crippen LogP contribution in [0.1, 0.15) is 44.0 Å². The van der Waals surface area contributed by atoms with Crippen LogP contribution >= 0.6 is 15.9 Å². The molecule has 142 valence electrons. The molecule has 0 N–H and O–H groups in total. The molecule has 1 unspecified atom stereocenters. The predicted octanol–water partition coefficient (Wildman–Crippen LogP) is 4.05. The average molecular weight is 415 g/mol. The van der Waals surface area contributed by atoms with Crippen molar-refractivity contribution in [2.24, 2.45) is 0 Å². The van der Waals surface area contributed by atoms with E-state index in [1.807, 2.05) is 27.0 Å². The summed E-state index contributed by atoms with van der Waals surface area (Å²) in [7, 11) is 4.97. The third kappa shape index (κ3) is 5.11. The largest absolute Gasteiger partial charge is 0.496 e. The molecule has 1 heterocycles. The summed E-state index contributed by atoms with van der Waals surface area (Å²) in [6, 6.07) is 4.03. The van der Waals surface area contributed by atoms with Crippen LogP contribution in [-0.4, -0.2) is 62.7 Å². The number of nitrogens with zero attached hydrogens (tertiary/aromatic N) is 2. The summed E-state index contributed by atoms with van der Waals surface area (Å²) in [6.45, 7) is 9.02. The molecule has 0 aliphatic carbocycles. The Kier molecular flexibility index (Phi) is 9.28. The molecule has 1 aromatic rings. The van der Waals surface area contributed by atoms with Crippen molar-refractivity contribution >= 4 is 21.8 Å². The van der Waals surface area contributed by atoms with Gasteiger partial charge in [0.15, 0.2) is 0 Å². The maximum atomic E-state index is 13.0. The minimum Gasteiger partial charge on any atom is -0.496 e. The molecule has 0 radical (unpaired) electrons. The molecule has 25 heavy (non-hydrogen) atoms. The molecule has 1 fully saturated rings. The number of rotatable bonds is 6. The van der Waals surface area contributed by atoms with E-state index in [0.29, 0.717) is 29.6 Å². The zero-order chi connectivity index (χ0) is 19.0. The number of halogens is 1. The van der Waals surface area contributed by atoms with Gasteiger partial charge >= 0.3 is 0 Å². The molecule has 1 aromatic carbocycles. The zero-order valence-corrected chi connectivity index (χ0v) is 17.9. The lowest BCUT2D eigenvalue weighted by molar-refractivity contribution is 0.0747. The van der Waals surface area contributed by atoms with Gasteiger partial charge < -0.3 is 14.4 Å². The van der Waals surface area contributed by atoms with Gasteiger partial charge in [-0.1, -0.05) is 20.8 Å². The van der Waals surface area contributed by atoms with Crippen molar-refractivity contribution in [1.29, 1.82) is 0 Å². The first kappa shape index (κ1) is 21.8. The third-order valence-electron chi connectivity index (χ3n) is 4.45. The smallest absolute Gasteiger partial charge is 0.261 e. The summed E-state index contributed by atoms with van der Waals surface area (Å²) in [4.78, 5) is 17.2. The van der Waals surface area contributed by atoms with Gasteiger partial charge in [-0.05, 0) is 54.0 Å². The van der Waals surface area contributed by atoms with E-state index in [0.717, 1.165) is 24.0 Å². The Balaban J connectivity index is 0.00000151. The fourth-order valence-corrected chi connectivity index (χ4v) is 3.71. The Bertz CT molecular complexity index is 566. The number of methoxy groups -OCH3 is 2. The van der Waals surface area contributed by atoms with Crippen LogP contribution in [-0.2, 0) is 0 Å². The van der Waals surface area contributed by atoms with Crippen molar-refractivity contribution < 1.29 is 14.3 Å². The van der Waals surface area contributed by atoms with Gasteiger partial charge in [0, 0.05) is 19.6 Å². The molecule has 2 rings (SSSR count). The van der Waals surface area contributed by atoms with Crippen LogP contribution in [0.2, 0.25) is 0 Å². The van der Waals surface area contributed by atoms with E-state index in [2.05, 4.69) is 27.8 Å². The van der Waals surface area contributed by atoms with Gasteiger partial charge in [0.25, 0.3) is 5.91 Å². The monoisotopic (exact) mass is 414 g/mol. The maximum absolute atomic E-state index is 13.0. The third-order valence-corrected chi connectivity index (χ3v) is 5.07. The molecule has 1 saturated heterocycles. The van der Waals surface area contributed by atoms with Gasteiger partial charge in [-0.25, -0.2) is 0 Å². The van der Waals surface area contributed by atoms with Crippen molar-refractivity contribution in [3.8, 4) is 11.5 Å². The number of carbonyl (C=O) groups is 1. The molecular formula is C19H31BrN2O3. The van der Waals surface area contributed by atoms with Gasteiger partial charge in [0.05, 0.1) is 18.7 Å². The highest BCUT2D eigenvalue weighted by Crippen LogP contribution is 2.36. The van der Waals surface area contributed by atoms with Crippen LogP contribution in [0.5, 0.6) is 11.5 Å². The Hall–Kier alpha value is -1.27. The average Bonchev–Trinajstić information content (AvgIpc) is 3.09. The summed E-state index contributed by atoms with van der Waals surface area (Å²) in [5.74, 6) is 0.962. The highest BCUT2D eigenvalue weighted by Gasteiger charge is 2.29. The lowest BCUT2D eigenvalue weighted by Crippen LogP contribution is -2.41. The molecular weight excluding hydrogens is 384 g/mol. The van der Waals surface area contributed by atoms with Gasteiger partial charge in [-0.2, -0.15) is 0 Å². The van der Waals surface area contributed by atoms with E-state index in [-0.39, 0.29) is 5.91 Å². The summed E-state index contributed by atoms with van der Waals surface area (Å²) >= 11 is 3.44. The second-order valence-corrected chi connectivity index (χ2v) is 6.62. The van der Waals surface area contributed by atoms with E-state index < -0.39 is 0 Å². The van der Waals surface area contributed by atoms with Crippen molar-refractivity contribution in [3.05, 3.63) is 22.2 Å². The van der Waals surface area contributed by atoms with Crippen molar-refractivity contribution in [3.63, 3.8) is 0 Å². The highest BCUT2D eigenvalue weighted by atomic mass is 79.9. The van der Waals surface area contributed by atoms with Crippen LogP contribution in [0.15, 0.2) is 16.6 Å². The summed E-state index contributed by atoms with van der Waals surface area (Å²) in [5.41, 5.74) is 0.466. The minimum atomic E-state index is -0.0806. The highest BCUT2D eigenvalue weighted by molar-refractivity contribution is 9.10. The summed E-state index contributed by atoms with van der Waals surface area (Å²) in [6.07, 6.45) is 2.34. The molecule has 0 spiro atoms. The quantitative estimate of drug-likeness (QED) is 0.703. The molecule has 1 amide bonds. The summed E-state index contributed by atoms with van der Waals surface area (Å²) in [5, 5.41) is 0. The normalized spacial score (nSPS) is 16.8. The Morgan fingerprint density at radius 3 is 2.56 bits per heavy atom. The fraction of sp³-hybridized carbons (Fsp3) is 0.632. The van der Waals surface area contributed by atoms with Gasteiger partial charge in [-0.3, -0.25) is 9.69 Å². The van der Waals surface area contributed by atoms with E-state index in [4.69, 9.17) is 9.47 Å². The Morgan fingerprint density at radius 1 is 1.32 bits per heavy atom. The Labute approximate surface area is 160 Å². The number of hydrogen-bond donors (Lipinski definition) is 0. The molecule has 0 bridgehead atoms. The van der Waals surface area contributed by atoms with E-state index >= 15 is 0 Å². The first-order valence-electron chi connectivity index (χ1n) is 8.93. The van der Waals surface area contributed by atoms with Gasteiger partial charge in [0.2, 0.25) is 0 Å². The lowest BCUT2D eigenvalue weighted by atomic mass is 10.1. The number of hydrogen-bond acceptors (Lipinski definition) is 4. The van der Waals surface area contributed by atoms with Crippen LogP contribution in [0, 0.1) is 0 Å². The number of likely N-dealkylation sites (tertiary alicyclic amines) is 1. The molecule has 1 aliphatic heterocycles. The van der Waals surface area contributed by atoms with Crippen molar-refractivity contribution in [1.82, 2.24) is 9.80 Å². The predicted molar refractivity (Wildman–Crippen MR) is 106 cm³/mol. The number of ether oxygens (including phenoxy) is 2. The minimum absolute atomic E-state index is 0.0806. The first-order chi connectivity index (χ1) is 12.0. The SMILES string of the molecule is CC.CCN1CCCC1CN(C)C(=O)c1c(OC)ccc(Br)c1OC. The van der Waals surface area contributed by atoms with Crippen LogP contribution < -0.4 is 9.47 Å². The van der Waals surface area contributed by atoms with E-state index in [9.17, 15) is 4.79 Å². The molecule has 6 heteroatoms. The Morgan fingerprint density at radius 2 is 2.00 bits per heavy atom. The molecule has 5 nitrogen and oxygen atoms in total. The lowest BCUT2D eigenvalue weighted by Gasteiger charge is -2.28. The standard InChI is InChI=1S/C17H25BrN2O3.C2H6/c1-5-20-10-6-7-12(20)11-19(2)17(21)15-14(22-3)9-8-13(18)16(15)23-4;1-2/h8-9,12H,5-7,10-11H2,1-4H3;1-2H3. The van der Waals surface area contributed by atoms with Crippen LogP contribution in [0.4, 0.5) is 0 Å². The molecule has 0 saturated carbocycles. The van der Waals surface area contributed by atoms with Crippen molar-refractivity contribution in [2.45, 2.75) is 39.7 Å². The first-order valence-corrected chi connectivity index (χ1v) is 9.72. The maximum Gasteiger partial charge on any atom is 0.261 e. The second-order valence-electron chi connectivity index (χ2n) is 5.77. The molecule has 1 aliphatic rings. The molecule has 1 atom stereocenters. The van der Waals surface area contributed by atoms with Crippen molar-refractivity contribution in [2.75, 3.05) is 40.9 Å². The fourth-order valence-electron chi connectivity index (χ4n) is 3.22. The number of amides is 1. The van der Waals surface area contributed by atoms with Gasteiger partial charge in [0.1, 0.15) is 17.1 Å². The van der Waals surface area contributed by atoms with Crippen LogP contribution in [0.25, 0.3) is 0 Å². The zero-order valence-electron chi connectivity index (χ0n) is 16.3. The number of benzene rings is 1. The second kappa shape index (κ2) is 10.7. The van der Waals surface area contributed by atoms with Crippen LogP contribution in [0.3, 0.4) is 0 Å². The van der Waals surface area contributed by atoms with E-state index in [1.165, 1.54) is 6.42 Å². The van der Waals surface area contributed by atoms with Gasteiger partial charge in [-0.15, -0.1) is 0 Å².